The summed E-state index contributed by atoms with van der Waals surface area (Å²) in [5, 5.41) is 2.84. The number of hydrogen-bond acceptors (Lipinski definition) is 5. The number of rotatable bonds is 7. The van der Waals surface area contributed by atoms with E-state index in [1.807, 2.05) is 0 Å². The largest absolute Gasteiger partial charge is 0.495 e. The Morgan fingerprint density at radius 3 is 2.42 bits per heavy atom. The molecule has 0 saturated heterocycles. The molecule has 0 radical (unpaired) electrons. The first-order chi connectivity index (χ1) is 12.3. The highest BCUT2D eigenvalue weighted by Gasteiger charge is 2.18. The third kappa shape index (κ3) is 4.80. The van der Waals surface area contributed by atoms with E-state index in [9.17, 15) is 13.2 Å². The van der Waals surface area contributed by atoms with Crippen LogP contribution in [0, 0.1) is 0 Å². The molecule has 0 atom stereocenters. The number of anilines is 2. The fourth-order valence-electron chi connectivity index (χ4n) is 2.19. The molecule has 0 heterocycles. The maximum Gasteiger partial charge on any atom is 0.261 e. The zero-order valence-electron chi connectivity index (χ0n) is 14.5. The van der Waals surface area contributed by atoms with Crippen molar-refractivity contribution in [1.82, 2.24) is 0 Å². The lowest BCUT2D eigenvalue weighted by Crippen LogP contribution is -2.14. The van der Waals surface area contributed by atoms with Gasteiger partial charge in [0.05, 0.1) is 35.0 Å². The summed E-state index contributed by atoms with van der Waals surface area (Å²) in [5.41, 5.74) is 0.556. The molecule has 2 aromatic carbocycles. The normalized spacial score (nSPS) is 10.9. The van der Waals surface area contributed by atoms with Crippen molar-refractivity contribution in [3.05, 3.63) is 41.4 Å². The Kier molecular flexibility index (Phi) is 6.33. The van der Waals surface area contributed by atoms with Gasteiger partial charge in [-0.1, -0.05) is 11.6 Å². The zero-order chi connectivity index (χ0) is 19.3. The molecule has 0 bridgehead atoms. The number of halogens is 1. The molecular weight excluding hydrogens is 380 g/mol. The highest BCUT2D eigenvalue weighted by molar-refractivity contribution is 7.92. The highest BCUT2D eigenvalue weighted by Crippen LogP contribution is 2.31. The van der Waals surface area contributed by atoms with Gasteiger partial charge in [0.1, 0.15) is 11.5 Å². The maximum absolute atomic E-state index is 12.6. The lowest BCUT2D eigenvalue weighted by molar-refractivity contribution is -0.114. The SMILES string of the molecule is CCOc1ccc(S(=O)(=O)Nc2ccc(OC)c(Cl)c2)cc1NC(C)=O. The van der Waals surface area contributed by atoms with E-state index in [0.717, 1.165) is 0 Å². The van der Waals surface area contributed by atoms with Gasteiger partial charge >= 0.3 is 0 Å². The minimum Gasteiger partial charge on any atom is -0.495 e. The van der Waals surface area contributed by atoms with Gasteiger partial charge in [0.15, 0.2) is 0 Å². The van der Waals surface area contributed by atoms with Crippen LogP contribution in [0.4, 0.5) is 11.4 Å². The average Bonchev–Trinajstić information content (AvgIpc) is 2.56. The van der Waals surface area contributed by atoms with Crippen molar-refractivity contribution >= 4 is 38.9 Å². The van der Waals surface area contributed by atoms with E-state index >= 15 is 0 Å². The second-order valence-corrected chi connectivity index (χ2v) is 7.32. The molecule has 26 heavy (non-hydrogen) atoms. The molecule has 0 spiro atoms. The topological polar surface area (TPSA) is 93.7 Å². The van der Waals surface area contributed by atoms with Crippen LogP contribution in [0.25, 0.3) is 0 Å². The number of carbonyl (C=O) groups excluding carboxylic acids is 1. The van der Waals surface area contributed by atoms with E-state index in [4.69, 9.17) is 21.1 Å². The molecule has 2 rings (SSSR count). The molecule has 7 nitrogen and oxygen atoms in total. The van der Waals surface area contributed by atoms with Gasteiger partial charge in [0.25, 0.3) is 10.0 Å². The minimum atomic E-state index is -3.90. The number of hydrogen-bond donors (Lipinski definition) is 2. The van der Waals surface area contributed by atoms with E-state index < -0.39 is 10.0 Å². The van der Waals surface area contributed by atoms with Crippen LogP contribution in [0.1, 0.15) is 13.8 Å². The van der Waals surface area contributed by atoms with Crippen molar-refractivity contribution < 1.29 is 22.7 Å². The van der Waals surface area contributed by atoms with Crippen LogP contribution in [0.5, 0.6) is 11.5 Å². The van der Waals surface area contributed by atoms with Crippen LogP contribution in [0.2, 0.25) is 5.02 Å². The predicted octanol–water partition coefficient (Wildman–Crippen LogP) is 3.51. The van der Waals surface area contributed by atoms with Gasteiger partial charge in [0, 0.05) is 6.92 Å². The minimum absolute atomic E-state index is 0.0309. The summed E-state index contributed by atoms with van der Waals surface area (Å²) < 4.78 is 38.2. The summed E-state index contributed by atoms with van der Waals surface area (Å²) in [6.45, 7) is 3.49. The Balaban J connectivity index is 2.35. The van der Waals surface area contributed by atoms with Crippen LogP contribution in [0.15, 0.2) is 41.3 Å². The quantitative estimate of drug-likeness (QED) is 0.744. The molecular formula is C17H19ClN2O5S. The monoisotopic (exact) mass is 398 g/mol. The smallest absolute Gasteiger partial charge is 0.261 e. The average molecular weight is 399 g/mol. The molecule has 9 heteroatoms. The zero-order valence-corrected chi connectivity index (χ0v) is 16.1. The van der Waals surface area contributed by atoms with Gasteiger partial charge in [-0.25, -0.2) is 8.42 Å². The molecule has 0 unspecified atom stereocenters. The Morgan fingerprint density at radius 2 is 1.85 bits per heavy atom. The number of benzene rings is 2. The van der Waals surface area contributed by atoms with Gasteiger partial charge in [-0.2, -0.15) is 0 Å². The van der Waals surface area contributed by atoms with E-state index in [1.165, 1.54) is 44.4 Å². The molecule has 2 aromatic rings. The third-order valence-electron chi connectivity index (χ3n) is 3.28. The number of nitrogens with one attached hydrogen (secondary N) is 2. The van der Waals surface area contributed by atoms with Gasteiger partial charge in [-0.15, -0.1) is 0 Å². The summed E-state index contributed by atoms with van der Waals surface area (Å²) in [7, 11) is -2.43. The molecule has 0 aliphatic rings. The fraction of sp³-hybridized carbons (Fsp3) is 0.235. The molecule has 0 saturated carbocycles. The van der Waals surface area contributed by atoms with E-state index in [0.29, 0.717) is 18.1 Å². The molecule has 0 aliphatic heterocycles. The Hall–Kier alpha value is -2.45. The predicted molar refractivity (Wildman–Crippen MR) is 101 cm³/mol. The molecule has 1 amide bonds. The number of ether oxygens (including phenoxy) is 2. The first kappa shape index (κ1) is 19.9. The molecule has 2 N–H and O–H groups in total. The van der Waals surface area contributed by atoms with Crippen LogP contribution in [0.3, 0.4) is 0 Å². The standard InChI is InChI=1S/C17H19ClN2O5S/c1-4-25-17-8-6-13(10-15(17)19-11(2)21)26(22,23)20-12-5-7-16(24-3)14(18)9-12/h5-10,20H,4H2,1-3H3,(H,19,21). The Bertz CT molecular complexity index is 915. The summed E-state index contributed by atoms with van der Waals surface area (Å²) >= 11 is 6.02. The van der Waals surface area contributed by atoms with Crippen molar-refractivity contribution in [2.75, 3.05) is 23.8 Å². The van der Waals surface area contributed by atoms with Crippen molar-refractivity contribution in [2.24, 2.45) is 0 Å². The first-order valence-electron chi connectivity index (χ1n) is 7.67. The first-order valence-corrected chi connectivity index (χ1v) is 9.53. The molecule has 0 fully saturated rings. The number of amides is 1. The lowest BCUT2D eigenvalue weighted by Gasteiger charge is -2.14. The van der Waals surface area contributed by atoms with Gasteiger partial charge < -0.3 is 14.8 Å². The van der Waals surface area contributed by atoms with E-state index in [2.05, 4.69) is 10.0 Å². The molecule has 0 aliphatic carbocycles. The van der Waals surface area contributed by atoms with E-state index in [-0.39, 0.29) is 27.2 Å². The number of carbonyl (C=O) groups is 1. The summed E-state index contributed by atoms with van der Waals surface area (Å²) in [4.78, 5) is 11.3. The third-order valence-corrected chi connectivity index (χ3v) is 4.95. The molecule has 0 aromatic heterocycles. The molecule has 140 valence electrons. The number of methoxy groups -OCH3 is 1. The lowest BCUT2D eigenvalue weighted by atomic mass is 10.3. The fourth-order valence-corrected chi connectivity index (χ4v) is 3.52. The van der Waals surface area contributed by atoms with Crippen molar-refractivity contribution in [2.45, 2.75) is 18.7 Å². The van der Waals surface area contributed by atoms with Gasteiger partial charge in [-0.3, -0.25) is 9.52 Å². The van der Waals surface area contributed by atoms with Crippen molar-refractivity contribution in [3.8, 4) is 11.5 Å². The van der Waals surface area contributed by atoms with Crippen LogP contribution < -0.4 is 19.5 Å². The number of sulfonamides is 1. The second kappa shape index (κ2) is 8.29. The summed E-state index contributed by atoms with van der Waals surface area (Å²) in [6, 6.07) is 8.75. The van der Waals surface area contributed by atoms with Crippen molar-refractivity contribution in [1.29, 1.82) is 0 Å². The Morgan fingerprint density at radius 1 is 1.15 bits per heavy atom. The van der Waals surface area contributed by atoms with Crippen molar-refractivity contribution in [3.63, 3.8) is 0 Å². The van der Waals surface area contributed by atoms with E-state index in [1.54, 1.807) is 13.0 Å². The summed E-state index contributed by atoms with van der Waals surface area (Å²) in [5.74, 6) is 0.480. The summed E-state index contributed by atoms with van der Waals surface area (Å²) in [6.07, 6.45) is 0. The Labute approximate surface area is 157 Å². The van der Waals surface area contributed by atoms with Crippen LogP contribution in [-0.2, 0) is 14.8 Å². The van der Waals surface area contributed by atoms with Crippen LogP contribution >= 0.6 is 11.6 Å². The second-order valence-electron chi connectivity index (χ2n) is 5.23. The van der Waals surface area contributed by atoms with Gasteiger partial charge in [0.2, 0.25) is 5.91 Å². The maximum atomic E-state index is 12.6. The van der Waals surface area contributed by atoms with Gasteiger partial charge in [-0.05, 0) is 43.3 Å². The highest BCUT2D eigenvalue weighted by atomic mass is 35.5. The van der Waals surface area contributed by atoms with Crippen LogP contribution in [-0.4, -0.2) is 28.0 Å².